The second-order valence-corrected chi connectivity index (χ2v) is 15.5. The number of oxazole rings is 1. The lowest BCUT2D eigenvalue weighted by Crippen LogP contribution is -2.59. The third kappa shape index (κ3) is 5.91. The van der Waals surface area contributed by atoms with Crippen molar-refractivity contribution in [2.45, 2.75) is 104 Å². The number of amides is 1. The predicted octanol–water partition coefficient (Wildman–Crippen LogP) is 7.42. The summed E-state index contributed by atoms with van der Waals surface area (Å²) in [4.78, 5) is 48.5. The van der Waals surface area contributed by atoms with E-state index in [2.05, 4.69) is 5.10 Å². The fourth-order valence-electron chi connectivity index (χ4n) is 6.98. The van der Waals surface area contributed by atoms with E-state index in [9.17, 15) is 14.4 Å². The van der Waals surface area contributed by atoms with Crippen LogP contribution in [-0.4, -0.2) is 72.8 Å². The normalized spacial score (nSPS) is 18.9. The molecular weight excluding hydrogens is 624 g/mol. The Morgan fingerprint density at radius 2 is 1.57 bits per heavy atom. The SMILES string of the molecule is Cc1c(-c2ccc3c(cnn3C(=O)OC(C)(C)C)c2)ccc2c3oc(N4CC(C)N(C(=O)OC(C)(C)C)C(C)C4)nc3c(=O)n(C3CC3)c12. The minimum Gasteiger partial charge on any atom is -0.444 e. The van der Waals surface area contributed by atoms with Gasteiger partial charge in [-0.05, 0) is 110 Å². The molecule has 1 aliphatic heterocycles. The molecule has 1 saturated carbocycles. The van der Waals surface area contributed by atoms with E-state index >= 15 is 0 Å². The Bertz CT molecular complexity index is 2180. The zero-order chi connectivity index (χ0) is 35.2. The number of rotatable bonds is 3. The Morgan fingerprint density at radius 3 is 2.20 bits per heavy atom. The van der Waals surface area contributed by atoms with Gasteiger partial charge < -0.3 is 23.4 Å². The molecule has 0 N–H and O–H groups in total. The van der Waals surface area contributed by atoms with Gasteiger partial charge in [0, 0.05) is 29.9 Å². The first-order chi connectivity index (χ1) is 23.0. The monoisotopic (exact) mass is 668 g/mol. The van der Waals surface area contributed by atoms with Gasteiger partial charge in [-0.25, -0.2) is 9.59 Å². The Hall–Kier alpha value is -4.87. The number of aryl methyl sites for hydroxylation is 1. The van der Waals surface area contributed by atoms with Crippen LogP contribution in [0, 0.1) is 6.92 Å². The van der Waals surface area contributed by atoms with E-state index in [1.165, 1.54) is 4.68 Å². The molecule has 0 spiro atoms. The molecule has 2 aliphatic rings. The molecule has 1 amide bonds. The Labute approximate surface area is 284 Å². The highest BCUT2D eigenvalue weighted by atomic mass is 16.6. The van der Waals surface area contributed by atoms with Crippen LogP contribution in [0.5, 0.6) is 0 Å². The van der Waals surface area contributed by atoms with E-state index in [1.54, 1.807) is 11.1 Å². The van der Waals surface area contributed by atoms with Gasteiger partial charge in [0.2, 0.25) is 0 Å². The number of anilines is 1. The van der Waals surface area contributed by atoms with Crippen molar-refractivity contribution >= 4 is 51.1 Å². The molecule has 49 heavy (non-hydrogen) atoms. The van der Waals surface area contributed by atoms with Crippen LogP contribution < -0.4 is 10.5 Å². The van der Waals surface area contributed by atoms with Crippen LogP contribution in [0.2, 0.25) is 0 Å². The highest BCUT2D eigenvalue weighted by molar-refractivity contribution is 6.05. The number of hydrogen-bond acceptors (Lipinski definition) is 9. The van der Waals surface area contributed by atoms with Crippen molar-refractivity contribution in [2.24, 2.45) is 0 Å². The van der Waals surface area contributed by atoms with Gasteiger partial charge >= 0.3 is 12.2 Å². The van der Waals surface area contributed by atoms with Crippen molar-refractivity contribution in [1.82, 2.24) is 24.2 Å². The Kier molecular flexibility index (Phi) is 7.57. The number of hydrogen-bond donors (Lipinski definition) is 0. The zero-order valence-corrected chi connectivity index (χ0v) is 29.7. The summed E-state index contributed by atoms with van der Waals surface area (Å²) >= 11 is 0. The first kappa shape index (κ1) is 32.7. The molecule has 258 valence electrons. The minimum absolute atomic E-state index is 0.0976. The fourth-order valence-corrected chi connectivity index (χ4v) is 6.98. The van der Waals surface area contributed by atoms with Crippen LogP contribution in [0.15, 0.2) is 45.7 Å². The van der Waals surface area contributed by atoms with Gasteiger partial charge in [-0.1, -0.05) is 12.1 Å². The Balaban J connectivity index is 1.27. The number of fused-ring (bicyclic) bond motifs is 4. The topological polar surface area (TPSA) is 125 Å². The second-order valence-electron chi connectivity index (χ2n) is 15.5. The van der Waals surface area contributed by atoms with Crippen LogP contribution in [-0.2, 0) is 9.47 Å². The lowest BCUT2D eigenvalue weighted by molar-refractivity contribution is 0.00529. The van der Waals surface area contributed by atoms with Crippen LogP contribution in [0.3, 0.4) is 0 Å². The number of benzene rings is 2. The molecule has 4 heterocycles. The van der Waals surface area contributed by atoms with Gasteiger partial charge in [0.15, 0.2) is 11.1 Å². The van der Waals surface area contributed by atoms with Gasteiger partial charge in [0.05, 0.1) is 29.3 Å². The molecule has 2 fully saturated rings. The van der Waals surface area contributed by atoms with E-state index in [0.29, 0.717) is 35.7 Å². The standard InChI is InChI=1S/C37H44N6O6/c1-20-18-40(19-21(2)41(20)34(45)48-36(4,5)6)33-39-29-31(47-33)27-14-13-26(22(3)30(27)42(32(29)44)25-11-12-25)23-10-15-28-24(16-23)17-38-43(28)35(46)49-37(7,8)9/h10,13-17,20-21,25H,11-12,18-19H2,1-9H3. The maximum absolute atomic E-state index is 14.2. The number of carbonyl (C=O) groups is 2. The maximum atomic E-state index is 14.2. The van der Waals surface area contributed by atoms with Crippen molar-refractivity contribution in [3.63, 3.8) is 0 Å². The van der Waals surface area contributed by atoms with Gasteiger partial charge in [-0.15, -0.1) is 0 Å². The van der Waals surface area contributed by atoms with Gasteiger partial charge in [0.1, 0.15) is 11.2 Å². The Morgan fingerprint density at radius 1 is 0.918 bits per heavy atom. The molecule has 2 aromatic carbocycles. The van der Waals surface area contributed by atoms with E-state index in [1.807, 2.05) is 102 Å². The highest BCUT2D eigenvalue weighted by Crippen LogP contribution is 2.41. The molecule has 2 unspecified atom stereocenters. The molecule has 3 aromatic heterocycles. The van der Waals surface area contributed by atoms with E-state index in [-0.39, 0.29) is 29.8 Å². The summed E-state index contributed by atoms with van der Waals surface area (Å²) in [7, 11) is 0. The second kappa shape index (κ2) is 11.3. The highest BCUT2D eigenvalue weighted by Gasteiger charge is 2.38. The van der Waals surface area contributed by atoms with E-state index in [4.69, 9.17) is 18.9 Å². The molecule has 1 saturated heterocycles. The predicted molar refractivity (Wildman–Crippen MR) is 188 cm³/mol. The average molecular weight is 669 g/mol. The molecule has 0 radical (unpaired) electrons. The van der Waals surface area contributed by atoms with Gasteiger partial charge in [0.25, 0.3) is 11.6 Å². The number of piperazine rings is 1. The molecule has 0 bridgehead atoms. The quantitative estimate of drug-likeness (QED) is 0.193. The molecule has 12 heteroatoms. The summed E-state index contributed by atoms with van der Waals surface area (Å²) in [5, 5.41) is 5.93. The summed E-state index contributed by atoms with van der Waals surface area (Å²) in [6.07, 6.45) is 2.63. The van der Waals surface area contributed by atoms with Crippen LogP contribution in [0.1, 0.15) is 79.8 Å². The molecule has 7 rings (SSSR count). The van der Waals surface area contributed by atoms with Crippen molar-refractivity contribution < 1.29 is 23.5 Å². The number of pyridine rings is 1. The lowest BCUT2D eigenvalue weighted by Gasteiger charge is -2.43. The van der Waals surface area contributed by atoms with Gasteiger partial charge in [-0.2, -0.15) is 14.8 Å². The van der Waals surface area contributed by atoms with Crippen LogP contribution in [0.4, 0.5) is 15.6 Å². The zero-order valence-electron chi connectivity index (χ0n) is 29.7. The minimum atomic E-state index is -0.641. The number of ether oxygens (including phenoxy) is 2. The number of aromatic nitrogens is 4. The van der Waals surface area contributed by atoms with Crippen LogP contribution in [0.25, 0.3) is 44.0 Å². The van der Waals surface area contributed by atoms with E-state index in [0.717, 1.165) is 45.8 Å². The molecule has 5 aromatic rings. The lowest BCUT2D eigenvalue weighted by atomic mass is 9.96. The molecule has 2 atom stereocenters. The largest absolute Gasteiger partial charge is 0.444 e. The third-order valence-corrected chi connectivity index (χ3v) is 9.11. The van der Waals surface area contributed by atoms with Crippen molar-refractivity contribution in [3.8, 4) is 11.1 Å². The first-order valence-electron chi connectivity index (χ1n) is 17.0. The average Bonchev–Trinajstić information content (AvgIpc) is 3.56. The summed E-state index contributed by atoms with van der Waals surface area (Å²) in [6.45, 7) is 18.0. The molecule has 1 aliphatic carbocycles. The van der Waals surface area contributed by atoms with Crippen molar-refractivity contribution in [2.75, 3.05) is 18.0 Å². The smallest absolute Gasteiger partial charge is 0.435 e. The number of carbonyl (C=O) groups excluding carboxylic acids is 2. The van der Waals surface area contributed by atoms with Crippen LogP contribution >= 0.6 is 0 Å². The summed E-state index contributed by atoms with van der Waals surface area (Å²) in [5.41, 5.74) is 3.72. The summed E-state index contributed by atoms with van der Waals surface area (Å²) < 4.78 is 20.8. The van der Waals surface area contributed by atoms with Crippen molar-refractivity contribution in [1.29, 1.82) is 0 Å². The number of nitrogens with zero attached hydrogens (tertiary/aromatic N) is 6. The maximum Gasteiger partial charge on any atom is 0.435 e. The summed E-state index contributed by atoms with van der Waals surface area (Å²) in [6, 6.07) is 10.0. The van der Waals surface area contributed by atoms with E-state index < -0.39 is 17.3 Å². The molecule has 12 nitrogen and oxygen atoms in total. The van der Waals surface area contributed by atoms with Crippen molar-refractivity contribution in [3.05, 3.63) is 52.4 Å². The fraction of sp³-hybridized carbons (Fsp3) is 0.486. The summed E-state index contributed by atoms with van der Waals surface area (Å²) in [5.74, 6) is 0. The third-order valence-electron chi connectivity index (χ3n) is 9.11. The molecular formula is C37H44N6O6. The first-order valence-corrected chi connectivity index (χ1v) is 17.0. The van der Waals surface area contributed by atoms with Gasteiger partial charge in [-0.3, -0.25) is 9.69 Å².